The number of pyridine rings is 1. The summed E-state index contributed by atoms with van der Waals surface area (Å²) < 4.78 is 1.38. The van der Waals surface area contributed by atoms with Gasteiger partial charge in [0.15, 0.2) is 0 Å². The lowest BCUT2D eigenvalue weighted by Gasteiger charge is -2.09. The second-order valence-corrected chi connectivity index (χ2v) is 5.71. The van der Waals surface area contributed by atoms with Gasteiger partial charge in [0.25, 0.3) is 5.91 Å². The van der Waals surface area contributed by atoms with Gasteiger partial charge >= 0.3 is 0 Å². The van der Waals surface area contributed by atoms with Gasteiger partial charge in [-0.05, 0) is 24.6 Å². The van der Waals surface area contributed by atoms with Crippen LogP contribution in [0.3, 0.4) is 0 Å². The summed E-state index contributed by atoms with van der Waals surface area (Å²) in [7, 11) is 0. The largest absolute Gasteiger partial charge is 1.00 e. The molecular weight excluding hydrogens is 334 g/mol. The van der Waals surface area contributed by atoms with Gasteiger partial charge in [-0.15, -0.1) is 0 Å². The Morgan fingerprint density at radius 1 is 1.00 bits per heavy atom. The van der Waals surface area contributed by atoms with Crippen molar-refractivity contribution in [3.63, 3.8) is 0 Å². The monoisotopic (exact) mass is 348 g/mol. The van der Waals surface area contributed by atoms with E-state index in [1.807, 2.05) is 67.6 Å². The van der Waals surface area contributed by atoms with Gasteiger partial charge < -0.3 is 12.4 Å². The molecular formula is C20H15ClN3O-. The molecule has 5 heteroatoms. The van der Waals surface area contributed by atoms with Gasteiger partial charge in [-0.25, -0.2) is 9.67 Å². The van der Waals surface area contributed by atoms with Gasteiger partial charge in [-0.1, -0.05) is 48.5 Å². The molecule has 0 aliphatic heterocycles. The van der Waals surface area contributed by atoms with Crippen LogP contribution in [0.25, 0.3) is 22.2 Å². The van der Waals surface area contributed by atoms with Gasteiger partial charge in [0.05, 0.1) is 23.0 Å². The normalized spacial score (nSPS) is 10.4. The second-order valence-electron chi connectivity index (χ2n) is 5.71. The van der Waals surface area contributed by atoms with E-state index in [0.717, 1.165) is 27.7 Å². The van der Waals surface area contributed by atoms with Crippen molar-refractivity contribution in [2.24, 2.45) is 0 Å². The SMILES string of the molecule is Cc1cnn(C(=O)c2cc(-c3ccccc3)nc3ccccc23)c1.[Cl-]. The molecule has 2 aromatic carbocycles. The Labute approximate surface area is 151 Å². The summed E-state index contributed by atoms with van der Waals surface area (Å²) >= 11 is 0. The van der Waals surface area contributed by atoms with Crippen LogP contribution in [0.15, 0.2) is 73.1 Å². The maximum Gasteiger partial charge on any atom is 0.278 e. The first-order valence-corrected chi connectivity index (χ1v) is 7.73. The first-order chi connectivity index (χ1) is 11.7. The van der Waals surface area contributed by atoms with Gasteiger partial charge in [0.1, 0.15) is 0 Å². The van der Waals surface area contributed by atoms with Crippen LogP contribution < -0.4 is 12.4 Å². The maximum atomic E-state index is 12.9. The minimum absolute atomic E-state index is 0. The molecule has 0 aliphatic carbocycles. The third kappa shape index (κ3) is 3.16. The van der Waals surface area contributed by atoms with Crippen molar-refractivity contribution in [3.05, 3.63) is 84.2 Å². The van der Waals surface area contributed by atoms with Crippen molar-refractivity contribution in [3.8, 4) is 11.3 Å². The van der Waals surface area contributed by atoms with Crippen LogP contribution in [0.4, 0.5) is 0 Å². The lowest BCUT2D eigenvalue weighted by molar-refractivity contribution is -0.0000129. The van der Waals surface area contributed by atoms with E-state index >= 15 is 0 Å². The summed E-state index contributed by atoms with van der Waals surface area (Å²) in [5.41, 5.74) is 4.11. The zero-order valence-corrected chi connectivity index (χ0v) is 14.3. The standard InChI is InChI=1S/C20H15N3O.ClH/c1-14-12-21-23(13-14)20(24)17-11-19(15-7-3-2-4-8-15)22-18-10-6-5-9-16(17)18;/h2-13H,1H3;1H/p-1. The van der Waals surface area contributed by atoms with Crippen LogP contribution in [-0.4, -0.2) is 20.7 Å². The number of hydrogen-bond donors (Lipinski definition) is 0. The molecule has 0 saturated heterocycles. The van der Waals surface area contributed by atoms with Gasteiger partial charge in [0.2, 0.25) is 0 Å². The first-order valence-electron chi connectivity index (χ1n) is 7.73. The van der Waals surface area contributed by atoms with Crippen molar-refractivity contribution in [2.45, 2.75) is 6.92 Å². The lowest BCUT2D eigenvalue weighted by Crippen LogP contribution is -3.00. The zero-order valence-electron chi connectivity index (χ0n) is 13.6. The van der Waals surface area contributed by atoms with Crippen LogP contribution >= 0.6 is 0 Å². The Morgan fingerprint density at radius 2 is 1.72 bits per heavy atom. The number of benzene rings is 2. The molecule has 2 aromatic heterocycles. The average molecular weight is 349 g/mol. The molecule has 4 aromatic rings. The Morgan fingerprint density at radius 3 is 2.44 bits per heavy atom. The fourth-order valence-corrected chi connectivity index (χ4v) is 2.76. The van der Waals surface area contributed by atoms with Gasteiger partial charge in [-0.3, -0.25) is 4.79 Å². The second kappa shape index (κ2) is 6.87. The smallest absolute Gasteiger partial charge is 0.278 e. The summed E-state index contributed by atoms with van der Waals surface area (Å²) in [4.78, 5) is 17.6. The van der Waals surface area contributed by atoms with E-state index in [9.17, 15) is 4.79 Å². The van der Waals surface area contributed by atoms with Crippen molar-refractivity contribution in [2.75, 3.05) is 0 Å². The number of carbonyl (C=O) groups is 1. The molecule has 0 N–H and O–H groups in total. The van der Waals surface area contributed by atoms with E-state index in [1.54, 1.807) is 12.4 Å². The Kier molecular flexibility index (Phi) is 4.63. The average Bonchev–Trinajstić information content (AvgIpc) is 3.07. The lowest BCUT2D eigenvalue weighted by atomic mass is 10.0. The van der Waals surface area contributed by atoms with E-state index in [1.165, 1.54) is 4.68 Å². The molecule has 4 rings (SSSR count). The third-order valence-electron chi connectivity index (χ3n) is 3.94. The fourth-order valence-electron chi connectivity index (χ4n) is 2.76. The van der Waals surface area contributed by atoms with Crippen LogP contribution in [0.5, 0.6) is 0 Å². The number of fused-ring (bicyclic) bond motifs is 1. The first kappa shape index (κ1) is 16.9. The molecule has 2 heterocycles. The van der Waals surface area contributed by atoms with Crippen LogP contribution in [0, 0.1) is 6.92 Å². The number of rotatable bonds is 2. The highest BCUT2D eigenvalue weighted by Crippen LogP contribution is 2.25. The van der Waals surface area contributed by atoms with Crippen LogP contribution in [0.2, 0.25) is 0 Å². The molecule has 0 spiro atoms. The molecule has 4 nitrogen and oxygen atoms in total. The summed E-state index contributed by atoms with van der Waals surface area (Å²) in [6.07, 6.45) is 3.42. The Hall–Kier alpha value is -2.98. The number of halogens is 1. The fraction of sp³-hybridized carbons (Fsp3) is 0.0500. The number of hydrogen-bond acceptors (Lipinski definition) is 3. The number of nitrogens with zero attached hydrogens (tertiary/aromatic N) is 3. The maximum absolute atomic E-state index is 12.9. The molecule has 0 fully saturated rings. The van der Waals surface area contributed by atoms with E-state index in [-0.39, 0.29) is 18.3 Å². The molecule has 0 amide bonds. The molecule has 0 atom stereocenters. The number of para-hydroxylation sites is 1. The summed E-state index contributed by atoms with van der Waals surface area (Å²) in [5, 5.41) is 4.98. The number of carbonyl (C=O) groups excluding carboxylic acids is 1. The Balaban J connectivity index is 0.00000182. The van der Waals surface area contributed by atoms with Crippen molar-refractivity contribution < 1.29 is 17.2 Å². The number of aryl methyl sites for hydroxylation is 1. The predicted octanol–water partition coefficient (Wildman–Crippen LogP) is 1.10. The predicted molar refractivity (Wildman–Crippen MR) is 93.9 cm³/mol. The van der Waals surface area contributed by atoms with E-state index in [2.05, 4.69) is 5.10 Å². The molecule has 0 bridgehead atoms. The highest BCUT2D eigenvalue weighted by molar-refractivity contribution is 6.07. The minimum atomic E-state index is -0.154. The highest BCUT2D eigenvalue weighted by Gasteiger charge is 2.16. The molecule has 0 radical (unpaired) electrons. The number of aromatic nitrogens is 3. The van der Waals surface area contributed by atoms with E-state index in [0.29, 0.717) is 5.56 Å². The quantitative estimate of drug-likeness (QED) is 0.545. The summed E-state index contributed by atoms with van der Waals surface area (Å²) in [6.45, 7) is 1.91. The summed E-state index contributed by atoms with van der Waals surface area (Å²) in [6, 6.07) is 19.4. The zero-order chi connectivity index (χ0) is 16.5. The van der Waals surface area contributed by atoms with Crippen LogP contribution in [0.1, 0.15) is 15.9 Å². The molecule has 0 saturated carbocycles. The van der Waals surface area contributed by atoms with E-state index < -0.39 is 0 Å². The molecule has 0 unspecified atom stereocenters. The van der Waals surface area contributed by atoms with Gasteiger partial charge in [0, 0.05) is 17.1 Å². The van der Waals surface area contributed by atoms with Crippen molar-refractivity contribution in [1.29, 1.82) is 0 Å². The summed E-state index contributed by atoms with van der Waals surface area (Å²) in [5.74, 6) is -0.154. The highest BCUT2D eigenvalue weighted by atomic mass is 35.5. The van der Waals surface area contributed by atoms with E-state index in [4.69, 9.17) is 4.98 Å². The Bertz CT molecular complexity index is 1040. The minimum Gasteiger partial charge on any atom is -1.00 e. The third-order valence-corrected chi connectivity index (χ3v) is 3.94. The molecule has 25 heavy (non-hydrogen) atoms. The molecule has 0 aliphatic rings. The van der Waals surface area contributed by atoms with Gasteiger partial charge in [-0.2, -0.15) is 5.10 Å². The van der Waals surface area contributed by atoms with Crippen molar-refractivity contribution in [1.82, 2.24) is 14.8 Å². The topological polar surface area (TPSA) is 47.8 Å². The molecule has 124 valence electrons. The van der Waals surface area contributed by atoms with Crippen LogP contribution in [-0.2, 0) is 0 Å². The van der Waals surface area contributed by atoms with Crippen molar-refractivity contribution >= 4 is 16.8 Å².